The third-order valence-corrected chi connectivity index (χ3v) is 4.60. The summed E-state index contributed by atoms with van der Waals surface area (Å²) in [5.74, 6) is -0.660. The summed E-state index contributed by atoms with van der Waals surface area (Å²) >= 11 is 0. The maximum absolute atomic E-state index is 11.5. The molecule has 18 heavy (non-hydrogen) atoms. The van der Waals surface area contributed by atoms with Gasteiger partial charge >= 0.3 is 5.97 Å². The summed E-state index contributed by atoms with van der Waals surface area (Å²) in [7, 11) is -1.19. The Morgan fingerprint density at radius 2 is 1.83 bits per heavy atom. The highest BCUT2D eigenvalue weighted by atomic mass is 32.2. The first-order valence-electron chi connectivity index (χ1n) is 6.35. The van der Waals surface area contributed by atoms with Crippen molar-refractivity contribution in [3.8, 4) is 0 Å². The normalized spacial score (nSPS) is 19.9. The van der Waals surface area contributed by atoms with Crippen LogP contribution in [0.4, 0.5) is 0 Å². The van der Waals surface area contributed by atoms with E-state index < -0.39 is 21.2 Å². The molecular formula is C12H23NO4S. The van der Waals surface area contributed by atoms with E-state index >= 15 is 0 Å². The van der Waals surface area contributed by atoms with Gasteiger partial charge in [0.05, 0.1) is 11.2 Å². The van der Waals surface area contributed by atoms with Crippen molar-refractivity contribution in [1.29, 1.82) is 0 Å². The average molecular weight is 277 g/mol. The largest absolute Gasteiger partial charge is 0.481 e. The van der Waals surface area contributed by atoms with Crippen LogP contribution >= 0.6 is 0 Å². The van der Waals surface area contributed by atoms with E-state index in [-0.39, 0.29) is 5.75 Å². The molecule has 5 nitrogen and oxygen atoms in total. The lowest BCUT2D eigenvalue weighted by Gasteiger charge is -2.36. The lowest BCUT2D eigenvalue weighted by Crippen LogP contribution is -2.44. The average Bonchev–Trinajstić information content (AvgIpc) is 2.26. The van der Waals surface area contributed by atoms with Crippen LogP contribution in [0.5, 0.6) is 0 Å². The van der Waals surface area contributed by atoms with Crippen LogP contribution in [0.3, 0.4) is 0 Å². The van der Waals surface area contributed by atoms with Crippen LogP contribution in [0, 0.1) is 5.41 Å². The molecule has 0 bridgehead atoms. The zero-order valence-corrected chi connectivity index (χ0v) is 12.0. The minimum atomic E-state index is -2.99. The minimum Gasteiger partial charge on any atom is -0.481 e. The Labute approximate surface area is 109 Å². The number of carbonyl (C=O) groups is 1. The molecule has 0 spiro atoms. The summed E-state index contributed by atoms with van der Waals surface area (Å²) < 4.78 is 22.2. The molecule has 0 amide bonds. The highest BCUT2D eigenvalue weighted by Crippen LogP contribution is 2.37. The predicted molar refractivity (Wildman–Crippen MR) is 70.4 cm³/mol. The van der Waals surface area contributed by atoms with Crippen molar-refractivity contribution in [2.75, 3.05) is 32.1 Å². The minimum absolute atomic E-state index is 0.0825. The second-order valence-corrected chi connectivity index (χ2v) is 7.77. The number of carboxylic acids is 1. The van der Waals surface area contributed by atoms with Crippen molar-refractivity contribution in [1.82, 2.24) is 4.90 Å². The van der Waals surface area contributed by atoms with Crippen molar-refractivity contribution in [2.24, 2.45) is 5.41 Å². The zero-order chi connectivity index (χ0) is 13.8. The van der Waals surface area contributed by atoms with E-state index in [0.717, 1.165) is 19.3 Å². The fourth-order valence-corrected chi connectivity index (χ4v) is 3.23. The Morgan fingerprint density at radius 3 is 2.28 bits per heavy atom. The van der Waals surface area contributed by atoms with Gasteiger partial charge in [0.2, 0.25) is 0 Å². The van der Waals surface area contributed by atoms with Crippen LogP contribution < -0.4 is 0 Å². The summed E-state index contributed by atoms with van der Waals surface area (Å²) in [6.07, 6.45) is 5.60. The number of hydrogen-bond donors (Lipinski definition) is 1. The zero-order valence-electron chi connectivity index (χ0n) is 11.2. The number of carboxylic acid groups (broad SMARTS) is 1. The van der Waals surface area contributed by atoms with E-state index in [9.17, 15) is 18.3 Å². The van der Waals surface area contributed by atoms with Gasteiger partial charge in [-0.2, -0.15) is 0 Å². The van der Waals surface area contributed by atoms with Gasteiger partial charge in [0.15, 0.2) is 0 Å². The Bertz CT molecular complexity index is 385. The van der Waals surface area contributed by atoms with Gasteiger partial charge < -0.3 is 10.0 Å². The molecule has 106 valence electrons. The van der Waals surface area contributed by atoms with E-state index in [1.54, 1.807) is 7.05 Å². The predicted octanol–water partition coefficient (Wildman–Crippen LogP) is 0.998. The highest BCUT2D eigenvalue weighted by molar-refractivity contribution is 7.90. The monoisotopic (exact) mass is 277 g/mol. The lowest BCUT2D eigenvalue weighted by molar-refractivity contribution is -0.152. The molecule has 0 aliphatic heterocycles. The molecule has 1 N–H and O–H groups in total. The molecule has 0 atom stereocenters. The van der Waals surface area contributed by atoms with Crippen LogP contribution in [-0.4, -0.2) is 56.5 Å². The van der Waals surface area contributed by atoms with Crippen LogP contribution in [0.25, 0.3) is 0 Å². The number of aliphatic carboxylic acids is 1. The van der Waals surface area contributed by atoms with Crippen LogP contribution in [0.15, 0.2) is 0 Å². The molecule has 0 heterocycles. The summed E-state index contributed by atoms with van der Waals surface area (Å²) in [6, 6.07) is 0. The molecule has 0 aromatic heterocycles. The maximum atomic E-state index is 11.5. The molecule has 6 heteroatoms. The van der Waals surface area contributed by atoms with E-state index in [0.29, 0.717) is 25.9 Å². The molecule has 0 aromatic carbocycles. The first kappa shape index (κ1) is 15.4. The van der Waals surface area contributed by atoms with E-state index in [1.807, 2.05) is 4.90 Å². The van der Waals surface area contributed by atoms with Crippen molar-refractivity contribution < 1.29 is 18.3 Å². The van der Waals surface area contributed by atoms with Crippen LogP contribution in [0.2, 0.25) is 0 Å². The fraction of sp³-hybridized carbons (Fsp3) is 0.917. The van der Waals surface area contributed by atoms with Crippen molar-refractivity contribution in [3.63, 3.8) is 0 Å². The molecule has 0 unspecified atom stereocenters. The van der Waals surface area contributed by atoms with Gasteiger partial charge in [-0.25, -0.2) is 8.42 Å². The quantitative estimate of drug-likeness (QED) is 0.784. The second kappa shape index (κ2) is 6.02. The van der Waals surface area contributed by atoms with Gasteiger partial charge in [-0.1, -0.05) is 19.3 Å². The maximum Gasteiger partial charge on any atom is 0.310 e. The Morgan fingerprint density at radius 1 is 1.28 bits per heavy atom. The molecule has 1 aliphatic rings. The molecule has 0 radical (unpaired) electrons. The van der Waals surface area contributed by atoms with Crippen molar-refractivity contribution in [2.45, 2.75) is 32.1 Å². The smallest absolute Gasteiger partial charge is 0.310 e. The number of sulfone groups is 1. The van der Waals surface area contributed by atoms with Crippen LogP contribution in [0.1, 0.15) is 32.1 Å². The Hall–Kier alpha value is -0.620. The van der Waals surface area contributed by atoms with Gasteiger partial charge in [0, 0.05) is 19.3 Å². The fourth-order valence-electron chi connectivity index (χ4n) is 2.59. The molecule has 1 rings (SSSR count). The molecule has 0 aromatic rings. The highest BCUT2D eigenvalue weighted by Gasteiger charge is 2.40. The Balaban J connectivity index is 2.58. The van der Waals surface area contributed by atoms with Crippen molar-refractivity contribution >= 4 is 15.8 Å². The van der Waals surface area contributed by atoms with Crippen LogP contribution in [-0.2, 0) is 14.6 Å². The molecular weight excluding hydrogens is 254 g/mol. The van der Waals surface area contributed by atoms with E-state index in [1.165, 1.54) is 6.26 Å². The van der Waals surface area contributed by atoms with Gasteiger partial charge in [0.25, 0.3) is 0 Å². The third-order valence-electron chi connectivity index (χ3n) is 3.68. The molecule has 0 saturated heterocycles. The molecule has 1 saturated carbocycles. The van der Waals surface area contributed by atoms with Gasteiger partial charge in [-0.3, -0.25) is 4.79 Å². The Kier molecular flexibility index (Phi) is 5.16. The summed E-state index contributed by atoms with van der Waals surface area (Å²) in [4.78, 5) is 13.3. The number of nitrogens with zero attached hydrogens (tertiary/aromatic N) is 1. The molecule has 1 fully saturated rings. The van der Waals surface area contributed by atoms with E-state index in [2.05, 4.69) is 0 Å². The second-order valence-electron chi connectivity index (χ2n) is 5.51. The van der Waals surface area contributed by atoms with Gasteiger partial charge in [0.1, 0.15) is 9.84 Å². The first-order valence-corrected chi connectivity index (χ1v) is 8.41. The topological polar surface area (TPSA) is 74.7 Å². The third kappa shape index (κ3) is 4.57. The standard InChI is InChI=1S/C12H23NO4S/c1-13(8-9-18(2,16)17)10-12(11(14)15)6-4-3-5-7-12/h3-10H2,1-2H3,(H,14,15). The molecule has 1 aliphatic carbocycles. The number of rotatable bonds is 6. The lowest BCUT2D eigenvalue weighted by atomic mass is 9.74. The van der Waals surface area contributed by atoms with E-state index in [4.69, 9.17) is 0 Å². The summed E-state index contributed by atoms with van der Waals surface area (Å²) in [6.45, 7) is 0.839. The SMILES string of the molecule is CN(CCS(C)(=O)=O)CC1(C(=O)O)CCCCC1. The van der Waals surface area contributed by atoms with Gasteiger partial charge in [-0.05, 0) is 19.9 Å². The number of hydrogen-bond acceptors (Lipinski definition) is 4. The summed E-state index contributed by atoms with van der Waals surface area (Å²) in [5.41, 5.74) is -0.676. The summed E-state index contributed by atoms with van der Waals surface area (Å²) in [5, 5.41) is 9.42. The van der Waals surface area contributed by atoms with Gasteiger partial charge in [-0.15, -0.1) is 0 Å². The van der Waals surface area contributed by atoms with Crippen molar-refractivity contribution in [3.05, 3.63) is 0 Å². The first-order chi connectivity index (χ1) is 8.25.